The van der Waals surface area contributed by atoms with E-state index in [9.17, 15) is 0 Å². The third kappa shape index (κ3) is 4.54. The molecule has 20 heavy (non-hydrogen) atoms. The van der Waals surface area contributed by atoms with Gasteiger partial charge in [0, 0.05) is 30.6 Å². The summed E-state index contributed by atoms with van der Waals surface area (Å²) in [4.78, 5) is 4.45. The highest BCUT2D eigenvalue weighted by atomic mass is 32.1. The highest BCUT2D eigenvalue weighted by molar-refractivity contribution is 7.09. The van der Waals surface area contributed by atoms with Crippen molar-refractivity contribution in [3.63, 3.8) is 0 Å². The molecule has 0 saturated heterocycles. The standard InChI is InChI=1S/C16H28N2OS/c1-3-17-14(12-15-18-10-11-20-15)16(19-4-2)13-8-6-5-7-9-13/h10-11,13-14,16-17H,3-9,12H2,1-2H3. The number of nitrogens with zero attached hydrogens (tertiary/aromatic N) is 1. The summed E-state index contributed by atoms with van der Waals surface area (Å²) in [5, 5.41) is 6.93. The van der Waals surface area contributed by atoms with Crippen LogP contribution < -0.4 is 5.32 Å². The van der Waals surface area contributed by atoms with Crippen molar-refractivity contribution < 1.29 is 4.74 Å². The molecule has 3 nitrogen and oxygen atoms in total. The zero-order valence-electron chi connectivity index (χ0n) is 12.8. The molecule has 1 aromatic heterocycles. The van der Waals surface area contributed by atoms with E-state index in [0.717, 1.165) is 19.6 Å². The van der Waals surface area contributed by atoms with E-state index in [1.165, 1.54) is 37.1 Å². The number of aromatic nitrogens is 1. The van der Waals surface area contributed by atoms with E-state index in [-0.39, 0.29) is 0 Å². The van der Waals surface area contributed by atoms with Gasteiger partial charge in [0.1, 0.15) is 0 Å². The smallest absolute Gasteiger partial charge is 0.0941 e. The summed E-state index contributed by atoms with van der Waals surface area (Å²) in [6, 6.07) is 0.397. The Labute approximate surface area is 127 Å². The number of rotatable bonds is 8. The Kier molecular flexibility index (Phi) is 6.97. The number of nitrogens with one attached hydrogen (secondary N) is 1. The quantitative estimate of drug-likeness (QED) is 0.795. The van der Waals surface area contributed by atoms with E-state index in [1.54, 1.807) is 11.3 Å². The van der Waals surface area contributed by atoms with Gasteiger partial charge in [-0.15, -0.1) is 11.3 Å². The van der Waals surface area contributed by atoms with Gasteiger partial charge in [0.05, 0.1) is 11.1 Å². The first-order valence-electron chi connectivity index (χ1n) is 8.08. The summed E-state index contributed by atoms with van der Waals surface area (Å²) in [7, 11) is 0. The minimum atomic E-state index is 0.337. The Morgan fingerprint density at radius 3 is 2.75 bits per heavy atom. The van der Waals surface area contributed by atoms with Crippen LogP contribution in [0.4, 0.5) is 0 Å². The summed E-state index contributed by atoms with van der Waals surface area (Å²) < 4.78 is 6.16. The molecule has 0 aliphatic heterocycles. The normalized spacial score (nSPS) is 19.9. The third-order valence-corrected chi connectivity index (χ3v) is 5.02. The van der Waals surface area contributed by atoms with Crippen LogP contribution in [0.15, 0.2) is 11.6 Å². The maximum absolute atomic E-state index is 6.16. The van der Waals surface area contributed by atoms with Crippen LogP contribution in [-0.2, 0) is 11.2 Å². The van der Waals surface area contributed by atoms with Gasteiger partial charge < -0.3 is 10.1 Å². The molecule has 0 radical (unpaired) electrons. The molecular formula is C16H28N2OS. The van der Waals surface area contributed by atoms with Crippen molar-refractivity contribution in [1.29, 1.82) is 0 Å². The molecule has 0 spiro atoms. The fraction of sp³-hybridized carbons (Fsp3) is 0.812. The van der Waals surface area contributed by atoms with Crippen LogP contribution in [0.5, 0.6) is 0 Å². The number of thiazole rings is 1. The minimum Gasteiger partial charge on any atom is -0.377 e. The monoisotopic (exact) mass is 296 g/mol. The molecule has 2 atom stereocenters. The molecule has 1 saturated carbocycles. The first kappa shape index (κ1) is 15.9. The third-order valence-electron chi connectivity index (χ3n) is 4.21. The molecule has 0 aromatic carbocycles. The van der Waals surface area contributed by atoms with Crippen molar-refractivity contribution in [3.05, 3.63) is 16.6 Å². The van der Waals surface area contributed by atoms with Gasteiger partial charge in [-0.3, -0.25) is 0 Å². The summed E-state index contributed by atoms with van der Waals surface area (Å²) in [5.41, 5.74) is 0. The fourth-order valence-electron chi connectivity index (χ4n) is 3.34. The molecule has 114 valence electrons. The molecule has 2 unspecified atom stereocenters. The van der Waals surface area contributed by atoms with Gasteiger partial charge in [-0.2, -0.15) is 0 Å². The van der Waals surface area contributed by atoms with E-state index in [4.69, 9.17) is 4.74 Å². The Hall–Kier alpha value is -0.450. The fourth-order valence-corrected chi connectivity index (χ4v) is 4.02. The lowest BCUT2D eigenvalue weighted by Gasteiger charge is -2.35. The molecule has 2 rings (SSSR count). The summed E-state index contributed by atoms with van der Waals surface area (Å²) >= 11 is 1.75. The van der Waals surface area contributed by atoms with E-state index in [1.807, 2.05) is 6.20 Å². The topological polar surface area (TPSA) is 34.2 Å². The number of ether oxygens (including phenoxy) is 1. The first-order valence-corrected chi connectivity index (χ1v) is 8.96. The Morgan fingerprint density at radius 1 is 1.35 bits per heavy atom. The average molecular weight is 296 g/mol. The van der Waals surface area contributed by atoms with E-state index < -0.39 is 0 Å². The zero-order chi connectivity index (χ0) is 14.2. The van der Waals surface area contributed by atoms with Gasteiger partial charge in [-0.25, -0.2) is 4.98 Å². The van der Waals surface area contributed by atoms with Gasteiger partial charge in [0.15, 0.2) is 0 Å². The van der Waals surface area contributed by atoms with Gasteiger partial charge in [-0.1, -0.05) is 26.2 Å². The van der Waals surface area contributed by atoms with Crippen LogP contribution in [0.25, 0.3) is 0 Å². The molecule has 4 heteroatoms. The summed E-state index contributed by atoms with van der Waals surface area (Å²) in [5.74, 6) is 0.715. The maximum Gasteiger partial charge on any atom is 0.0941 e. The maximum atomic E-state index is 6.16. The molecule has 1 aliphatic rings. The van der Waals surface area contributed by atoms with Crippen LogP contribution in [0.3, 0.4) is 0 Å². The predicted molar refractivity (Wildman–Crippen MR) is 85.3 cm³/mol. The molecule has 1 aliphatic carbocycles. The molecule has 1 N–H and O–H groups in total. The highest BCUT2D eigenvalue weighted by Crippen LogP contribution is 2.30. The van der Waals surface area contributed by atoms with Crippen molar-refractivity contribution in [2.24, 2.45) is 5.92 Å². The van der Waals surface area contributed by atoms with Gasteiger partial charge >= 0.3 is 0 Å². The predicted octanol–water partition coefficient (Wildman–Crippen LogP) is 3.65. The Balaban J connectivity index is 2.04. The van der Waals surface area contributed by atoms with Crippen molar-refractivity contribution in [2.75, 3.05) is 13.2 Å². The lowest BCUT2D eigenvalue weighted by atomic mass is 9.82. The number of hydrogen-bond donors (Lipinski definition) is 1. The zero-order valence-corrected chi connectivity index (χ0v) is 13.6. The summed E-state index contributed by atoms with van der Waals surface area (Å²) in [6.07, 6.45) is 10.0. The van der Waals surface area contributed by atoms with E-state index >= 15 is 0 Å². The first-order chi connectivity index (χ1) is 9.85. The Morgan fingerprint density at radius 2 is 2.15 bits per heavy atom. The number of hydrogen-bond acceptors (Lipinski definition) is 4. The largest absolute Gasteiger partial charge is 0.377 e. The van der Waals surface area contributed by atoms with Crippen LogP contribution in [0, 0.1) is 5.92 Å². The van der Waals surface area contributed by atoms with E-state index in [0.29, 0.717) is 18.1 Å². The molecule has 0 bridgehead atoms. The van der Waals surface area contributed by atoms with Crippen molar-refractivity contribution >= 4 is 11.3 Å². The Bertz CT molecular complexity index is 349. The van der Waals surface area contributed by atoms with Crippen LogP contribution >= 0.6 is 11.3 Å². The molecule has 1 aromatic rings. The second kappa shape index (κ2) is 8.75. The summed E-state index contributed by atoms with van der Waals surface area (Å²) in [6.45, 7) is 6.09. The lowest BCUT2D eigenvalue weighted by molar-refractivity contribution is -0.0171. The van der Waals surface area contributed by atoms with Crippen molar-refractivity contribution in [1.82, 2.24) is 10.3 Å². The van der Waals surface area contributed by atoms with Crippen LogP contribution in [0.2, 0.25) is 0 Å². The molecule has 1 heterocycles. The lowest BCUT2D eigenvalue weighted by Crippen LogP contribution is -2.47. The van der Waals surface area contributed by atoms with Gasteiger partial charge in [0.2, 0.25) is 0 Å². The van der Waals surface area contributed by atoms with Crippen LogP contribution in [0.1, 0.15) is 51.0 Å². The highest BCUT2D eigenvalue weighted by Gasteiger charge is 2.31. The molecule has 0 amide bonds. The van der Waals surface area contributed by atoms with Crippen molar-refractivity contribution in [3.8, 4) is 0 Å². The molecule has 1 fully saturated rings. The van der Waals surface area contributed by atoms with Crippen LogP contribution in [-0.4, -0.2) is 30.3 Å². The minimum absolute atomic E-state index is 0.337. The van der Waals surface area contributed by atoms with Crippen molar-refractivity contribution in [2.45, 2.75) is 64.5 Å². The van der Waals surface area contributed by atoms with Gasteiger partial charge in [0.25, 0.3) is 0 Å². The molecular weight excluding hydrogens is 268 g/mol. The number of likely N-dealkylation sites (N-methyl/N-ethyl adjacent to an activating group) is 1. The SMILES string of the molecule is CCNC(Cc1nccs1)C(OCC)C1CCCCC1. The van der Waals surface area contributed by atoms with Gasteiger partial charge in [-0.05, 0) is 32.2 Å². The van der Waals surface area contributed by atoms with E-state index in [2.05, 4.69) is 29.5 Å². The second-order valence-electron chi connectivity index (χ2n) is 5.61. The second-order valence-corrected chi connectivity index (χ2v) is 6.59. The average Bonchev–Trinajstić information content (AvgIpc) is 2.98.